The highest BCUT2D eigenvalue weighted by molar-refractivity contribution is 7.07. The van der Waals surface area contributed by atoms with Crippen molar-refractivity contribution in [3.8, 4) is 11.3 Å². The largest absolute Gasteiger partial charge is 0.463 e. The predicted molar refractivity (Wildman–Crippen MR) is 148 cm³/mol. The molecule has 216 valence electrons. The van der Waals surface area contributed by atoms with E-state index in [0.717, 1.165) is 4.57 Å². The summed E-state index contributed by atoms with van der Waals surface area (Å²) < 4.78 is 54.4. The molecule has 14 heteroatoms. The van der Waals surface area contributed by atoms with Gasteiger partial charge in [0.2, 0.25) is 0 Å². The van der Waals surface area contributed by atoms with Crippen molar-refractivity contribution in [1.82, 2.24) is 4.57 Å². The van der Waals surface area contributed by atoms with E-state index in [2.05, 4.69) is 4.99 Å². The molecule has 4 aromatic rings. The van der Waals surface area contributed by atoms with Crippen LogP contribution in [0.25, 0.3) is 17.4 Å². The molecule has 0 fully saturated rings. The van der Waals surface area contributed by atoms with Crippen LogP contribution in [0.5, 0.6) is 0 Å². The molecule has 0 saturated carbocycles. The van der Waals surface area contributed by atoms with Crippen LogP contribution >= 0.6 is 22.9 Å². The number of hydrogen-bond donors (Lipinski definition) is 0. The first kappa shape index (κ1) is 29.0. The molecule has 0 aliphatic carbocycles. The standard InChI is InChI=1S/C28H19ClF3N3O6S/c1-3-40-26(37)22-23(15-6-8-17(29)9-7-15)34-25(36)21(42-27(34)33-24(22)28(30,31)32)13-18-10-11-20(41-18)16-5-4-14(2)19(12-16)35(38)39/h4-13,23H,3H2,1-2H3/b21-13-/t23-/m0/s1. The fraction of sp³-hybridized carbons (Fsp3) is 0.179. The second kappa shape index (κ2) is 11.1. The van der Waals surface area contributed by atoms with Gasteiger partial charge in [-0.05, 0) is 43.7 Å². The molecule has 5 rings (SSSR count). The first-order valence-corrected chi connectivity index (χ1v) is 13.5. The monoisotopic (exact) mass is 617 g/mol. The number of benzene rings is 2. The number of nitro benzene ring substituents is 1. The number of alkyl halides is 3. The van der Waals surface area contributed by atoms with Gasteiger partial charge in [0.15, 0.2) is 10.5 Å². The lowest BCUT2D eigenvalue weighted by Crippen LogP contribution is -2.41. The molecule has 3 heterocycles. The number of carbonyl (C=O) groups excluding carboxylic acids is 1. The average molecular weight is 618 g/mol. The van der Waals surface area contributed by atoms with Crippen LogP contribution in [0.2, 0.25) is 5.02 Å². The van der Waals surface area contributed by atoms with E-state index >= 15 is 0 Å². The van der Waals surface area contributed by atoms with Crippen molar-refractivity contribution in [2.75, 3.05) is 6.61 Å². The third kappa shape index (κ3) is 5.40. The summed E-state index contributed by atoms with van der Waals surface area (Å²) >= 11 is 6.67. The Balaban J connectivity index is 1.68. The summed E-state index contributed by atoms with van der Waals surface area (Å²) in [6.07, 6.45) is -3.70. The quantitative estimate of drug-likeness (QED) is 0.161. The summed E-state index contributed by atoms with van der Waals surface area (Å²) in [4.78, 5) is 40.8. The zero-order chi connectivity index (χ0) is 30.3. The van der Waals surface area contributed by atoms with Crippen LogP contribution in [0.3, 0.4) is 0 Å². The molecule has 0 bridgehead atoms. The zero-order valence-corrected chi connectivity index (χ0v) is 23.3. The predicted octanol–water partition coefficient (Wildman–Crippen LogP) is 5.47. The first-order chi connectivity index (χ1) is 19.9. The van der Waals surface area contributed by atoms with Crippen molar-refractivity contribution < 1.29 is 32.0 Å². The maximum atomic E-state index is 14.2. The van der Waals surface area contributed by atoms with Crippen LogP contribution < -0.4 is 14.9 Å². The minimum absolute atomic E-state index is 0.0184. The van der Waals surface area contributed by atoms with Crippen LogP contribution in [0.1, 0.15) is 29.9 Å². The Kier molecular flexibility index (Phi) is 7.64. The maximum absolute atomic E-state index is 14.2. The van der Waals surface area contributed by atoms with E-state index in [1.54, 1.807) is 25.1 Å². The van der Waals surface area contributed by atoms with Crippen LogP contribution in [-0.4, -0.2) is 28.2 Å². The van der Waals surface area contributed by atoms with Gasteiger partial charge in [0.1, 0.15) is 11.5 Å². The lowest BCUT2D eigenvalue weighted by molar-refractivity contribution is -0.385. The van der Waals surface area contributed by atoms with E-state index in [1.807, 2.05) is 0 Å². The van der Waals surface area contributed by atoms with Gasteiger partial charge in [0.25, 0.3) is 11.2 Å². The van der Waals surface area contributed by atoms with Crippen molar-refractivity contribution in [2.45, 2.75) is 26.1 Å². The molecule has 9 nitrogen and oxygen atoms in total. The van der Waals surface area contributed by atoms with Crippen molar-refractivity contribution in [1.29, 1.82) is 0 Å². The van der Waals surface area contributed by atoms with Gasteiger partial charge in [0, 0.05) is 28.3 Å². The zero-order valence-electron chi connectivity index (χ0n) is 21.8. The first-order valence-electron chi connectivity index (χ1n) is 12.3. The van der Waals surface area contributed by atoms with Gasteiger partial charge in [-0.3, -0.25) is 19.5 Å². The van der Waals surface area contributed by atoms with Crippen LogP contribution in [0, 0.1) is 17.0 Å². The minimum atomic E-state index is -5.03. The second-order valence-electron chi connectivity index (χ2n) is 9.08. The highest BCUT2D eigenvalue weighted by Crippen LogP contribution is 2.38. The lowest BCUT2D eigenvalue weighted by atomic mass is 9.95. The molecular formula is C28H19ClF3N3O6S. The number of halogens is 4. The summed E-state index contributed by atoms with van der Waals surface area (Å²) in [5.74, 6) is -0.812. The Labute approximate surface area is 243 Å². The molecule has 2 aromatic heterocycles. The summed E-state index contributed by atoms with van der Waals surface area (Å²) in [6, 6.07) is 11.8. The number of thiazole rings is 1. The third-order valence-corrected chi connectivity index (χ3v) is 7.61. The Bertz CT molecular complexity index is 1940. The van der Waals surface area contributed by atoms with Gasteiger partial charge in [0.05, 0.1) is 27.7 Å². The van der Waals surface area contributed by atoms with Gasteiger partial charge in [-0.1, -0.05) is 47.2 Å². The summed E-state index contributed by atoms with van der Waals surface area (Å²) in [6.45, 7) is 2.85. The van der Waals surface area contributed by atoms with Crippen molar-refractivity contribution in [2.24, 2.45) is 4.99 Å². The Morgan fingerprint density at radius 1 is 1.21 bits per heavy atom. The van der Waals surface area contributed by atoms with Crippen LogP contribution in [-0.2, 0) is 9.53 Å². The summed E-state index contributed by atoms with van der Waals surface area (Å²) in [7, 11) is 0. The van der Waals surface area contributed by atoms with E-state index in [1.165, 1.54) is 49.4 Å². The van der Waals surface area contributed by atoms with Gasteiger partial charge >= 0.3 is 12.1 Å². The number of aryl methyl sites for hydroxylation is 1. The molecular weight excluding hydrogens is 599 g/mol. The number of carbonyl (C=O) groups is 1. The topological polar surface area (TPSA) is 117 Å². The summed E-state index contributed by atoms with van der Waals surface area (Å²) in [5.41, 5.74) is -2.03. The SMILES string of the molecule is CCOC(=O)C1=C(C(F)(F)F)N=c2s/c(=C\c3ccc(-c4ccc(C)c([N+](=O)[O-])c4)o3)c(=O)n2[C@H]1c1ccc(Cl)cc1. The minimum Gasteiger partial charge on any atom is -0.463 e. The van der Waals surface area contributed by atoms with Crippen LogP contribution in [0.4, 0.5) is 18.9 Å². The second-order valence-corrected chi connectivity index (χ2v) is 10.5. The molecule has 2 aromatic carbocycles. The van der Waals surface area contributed by atoms with E-state index < -0.39 is 39.9 Å². The molecule has 1 aliphatic rings. The van der Waals surface area contributed by atoms with Gasteiger partial charge < -0.3 is 9.15 Å². The highest BCUT2D eigenvalue weighted by atomic mass is 35.5. The fourth-order valence-electron chi connectivity index (χ4n) is 4.47. The Morgan fingerprint density at radius 3 is 2.57 bits per heavy atom. The number of allylic oxidation sites excluding steroid dienone is 1. The molecule has 1 atom stereocenters. The molecule has 0 spiro atoms. The Hall–Kier alpha value is -4.49. The van der Waals surface area contributed by atoms with E-state index in [9.17, 15) is 32.9 Å². The van der Waals surface area contributed by atoms with E-state index in [4.69, 9.17) is 20.8 Å². The number of nitro groups is 1. The number of rotatable bonds is 6. The summed E-state index contributed by atoms with van der Waals surface area (Å²) in [5, 5.41) is 11.6. The maximum Gasteiger partial charge on any atom is 0.434 e. The van der Waals surface area contributed by atoms with E-state index in [0.29, 0.717) is 27.5 Å². The van der Waals surface area contributed by atoms with E-state index in [-0.39, 0.29) is 38.7 Å². The molecule has 0 radical (unpaired) electrons. The lowest BCUT2D eigenvalue weighted by Gasteiger charge is -2.26. The van der Waals surface area contributed by atoms with Gasteiger partial charge in [-0.2, -0.15) is 13.2 Å². The molecule has 42 heavy (non-hydrogen) atoms. The van der Waals surface area contributed by atoms with Crippen molar-refractivity contribution in [3.63, 3.8) is 0 Å². The number of fused-ring (bicyclic) bond motifs is 1. The Morgan fingerprint density at radius 2 is 1.93 bits per heavy atom. The molecule has 1 aliphatic heterocycles. The molecule has 0 N–H and O–H groups in total. The number of esters is 1. The normalized spacial score (nSPS) is 15.4. The number of furan rings is 1. The molecule has 0 unspecified atom stereocenters. The van der Waals surface area contributed by atoms with Gasteiger partial charge in [-0.15, -0.1) is 0 Å². The van der Waals surface area contributed by atoms with Gasteiger partial charge in [-0.25, -0.2) is 9.79 Å². The number of nitrogens with zero attached hydrogens (tertiary/aromatic N) is 3. The molecule has 0 saturated heterocycles. The highest BCUT2D eigenvalue weighted by Gasteiger charge is 2.45. The fourth-order valence-corrected chi connectivity index (χ4v) is 5.58. The number of aromatic nitrogens is 1. The van der Waals surface area contributed by atoms with Crippen LogP contribution in [0.15, 0.2) is 80.1 Å². The van der Waals surface area contributed by atoms with Crippen molar-refractivity contribution >= 4 is 40.7 Å². The van der Waals surface area contributed by atoms with Crippen molar-refractivity contribution in [3.05, 3.63) is 118 Å². The number of hydrogen-bond acceptors (Lipinski definition) is 8. The smallest absolute Gasteiger partial charge is 0.434 e. The third-order valence-electron chi connectivity index (χ3n) is 6.37. The average Bonchev–Trinajstić information content (AvgIpc) is 3.52. The molecule has 0 amide bonds. The number of ether oxygens (including phenoxy) is 1.